The molecule has 4 aromatic rings. The van der Waals surface area contributed by atoms with Crippen LogP contribution in [0.4, 0.5) is 9.59 Å². The van der Waals surface area contributed by atoms with E-state index < -0.39 is 71.4 Å². The lowest BCUT2D eigenvalue weighted by Gasteiger charge is -2.36. The summed E-state index contributed by atoms with van der Waals surface area (Å²) in [5.41, 5.74) is 0.214. The van der Waals surface area contributed by atoms with E-state index in [2.05, 4.69) is 22.5 Å². The van der Waals surface area contributed by atoms with Crippen LogP contribution in [-0.2, 0) is 45.4 Å². The number of amides is 3. The predicted octanol–water partition coefficient (Wildman–Crippen LogP) is 7.40. The van der Waals surface area contributed by atoms with E-state index in [0.29, 0.717) is 23.1 Å². The van der Waals surface area contributed by atoms with Gasteiger partial charge in [-0.05, 0) is 39.2 Å². The first-order chi connectivity index (χ1) is 28.2. The zero-order valence-electron chi connectivity index (χ0n) is 34.5. The number of alkyl carbamates (subject to hydrolysis) is 2. The third-order valence-corrected chi connectivity index (χ3v) is 9.48. The molecule has 0 saturated heterocycles. The van der Waals surface area contributed by atoms with Crippen LogP contribution < -0.4 is 16.0 Å². The Labute approximate surface area is 346 Å². The summed E-state index contributed by atoms with van der Waals surface area (Å²) in [5.74, 6) is -2.90. The van der Waals surface area contributed by atoms with E-state index in [9.17, 15) is 24.0 Å². The van der Waals surface area contributed by atoms with Crippen LogP contribution in [0.2, 0.25) is 0 Å². The Bertz CT molecular complexity index is 1890. The van der Waals surface area contributed by atoms with Crippen molar-refractivity contribution in [2.45, 2.75) is 89.8 Å². The third-order valence-electron chi connectivity index (χ3n) is 9.48. The predicted molar refractivity (Wildman–Crippen MR) is 224 cm³/mol. The van der Waals surface area contributed by atoms with Gasteiger partial charge in [-0.3, -0.25) is 4.79 Å². The Morgan fingerprint density at radius 3 is 1.56 bits per heavy atom. The molecule has 0 saturated carbocycles. The van der Waals surface area contributed by atoms with Gasteiger partial charge < -0.3 is 34.9 Å². The second-order valence-corrected chi connectivity index (χ2v) is 15.1. The van der Waals surface area contributed by atoms with Crippen LogP contribution in [0.25, 0.3) is 0 Å². The van der Waals surface area contributed by atoms with E-state index >= 15 is 0 Å². The minimum Gasteiger partial charge on any atom is -0.460 e. The molecule has 0 aliphatic rings. The molecule has 0 heterocycles. The summed E-state index contributed by atoms with van der Waals surface area (Å²) in [6, 6.07) is 32.4. The molecule has 12 heteroatoms. The second-order valence-electron chi connectivity index (χ2n) is 15.1. The minimum atomic E-state index is -1.63. The number of benzene rings is 4. The summed E-state index contributed by atoms with van der Waals surface area (Å²) in [7, 11) is 0. The Morgan fingerprint density at radius 2 is 1.10 bits per heavy atom. The van der Waals surface area contributed by atoms with E-state index in [-0.39, 0.29) is 13.0 Å². The molecule has 312 valence electrons. The lowest BCUT2D eigenvalue weighted by molar-refractivity contribution is -0.156. The molecular weight excluding hydrogens is 751 g/mol. The summed E-state index contributed by atoms with van der Waals surface area (Å²) in [6.07, 6.45) is -1.31. The second kappa shape index (κ2) is 21.4. The van der Waals surface area contributed by atoms with Crippen molar-refractivity contribution in [3.05, 3.63) is 156 Å². The average Bonchev–Trinajstić information content (AvgIpc) is 3.23. The van der Waals surface area contributed by atoms with Crippen molar-refractivity contribution in [3.8, 4) is 0 Å². The lowest BCUT2D eigenvalue weighted by atomic mass is 9.80. The first kappa shape index (κ1) is 45.3. The molecule has 0 bridgehead atoms. The molecule has 0 unspecified atom stereocenters. The Kier molecular flexibility index (Phi) is 16.4. The van der Waals surface area contributed by atoms with E-state index in [1.165, 1.54) is 13.0 Å². The van der Waals surface area contributed by atoms with Gasteiger partial charge in [0.25, 0.3) is 0 Å². The summed E-state index contributed by atoms with van der Waals surface area (Å²) < 4.78 is 23.1. The number of ether oxygens (including phenoxy) is 4. The third kappa shape index (κ3) is 12.8. The average molecular weight is 806 g/mol. The van der Waals surface area contributed by atoms with Gasteiger partial charge >= 0.3 is 24.1 Å². The van der Waals surface area contributed by atoms with Crippen molar-refractivity contribution in [2.75, 3.05) is 6.61 Å². The van der Waals surface area contributed by atoms with E-state index in [4.69, 9.17) is 18.9 Å². The zero-order valence-corrected chi connectivity index (χ0v) is 34.5. The molecule has 0 aliphatic carbocycles. The molecule has 5 atom stereocenters. The molecule has 0 radical (unpaired) electrons. The fraction of sp³-hybridized carbons (Fsp3) is 0.340. The summed E-state index contributed by atoms with van der Waals surface area (Å²) >= 11 is 0. The highest BCUT2D eigenvalue weighted by Gasteiger charge is 2.43. The first-order valence-electron chi connectivity index (χ1n) is 19.7. The van der Waals surface area contributed by atoms with Crippen molar-refractivity contribution >= 4 is 30.0 Å². The van der Waals surface area contributed by atoms with Crippen molar-refractivity contribution in [2.24, 2.45) is 5.92 Å². The van der Waals surface area contributed by atoms with Gasteiger partial charge in [-0.25, -0.2) is 19.2 Å². The number of carbonyl (C=O) groups excluding carboxylic acids is 5. The standard InChI is InChI=1S/C47H55N3O9/c1-8-30-56-42(52)38(31-34-22-14-10-15-23-34)48-41(51)40(33(4)57-43(53)39(32(3)9-2)49-44(54)58-46(5,6)7)50-45(55)59-47(35-24-16-11-17-25-35,36-26-18-12-19-27-36)37-28-20-13-21-29-37/h8,10-29,32-33,38-40H,1,9,30-31H2,2-7H3,(H,48,51)(H,49,54)(H,50,55)/t32-,33+,38-,39-,40-/m0/s1. The van der Waals surface area contributed by atoms with Gasteiger partial charge in [0.1, 0.15) is 36.4 Å². The Hall–Kier alpha value is -6.43. The Morgan fingerprint density at radius 1 is 0.644 bits per heavy atom. The van der Waals surface area contributed by atoms with Crippen molar-refractivity contribution in [1.82, 2.24) is 16.0 Å². The number of hydrogen-bond donors (Lipinski definition) is 3. The zero-order chi connectivity index (χ0) is 43.0. The van der Waals surface area contributed by atoms with E-state index in [1.54, 1.807) is 52.0 Å². The van der Waals surface area contributed by atoms with Crippen LogP contribution in [0.5, 0.6) is 0 Å². The molecule has 0 aromatic heterocycles. The molecular formula is C47H55N3O9. The van der Waals surface area contributed by atoms with Crippen LogP contribution in [0.15, 0.2) is 134 Å². The molecule has 59 heavy (non-hydrogen) atoms. The molecule has 0 aliphatic heterocycles. The quantitative estimate of drug-likeness (QED) is 0.0403. The van der Waals surface area contributed by atoms with Crippen LogP contribution >= 0.6 is 0 Å². The molecule has 0 fully saturated rings. The van der Waals surface area contributed by atoms with E-state index in [0.717, 1.165) is 5.56 Å². The van der Waals surface area contributed by atoms with Gasteiger partial charge in [-0.15, -0.1) is 0 Å². The van der Waals surface area contributed by atoms with Gasteiger partial charge in [0.2, 0.25) is 5.91 Å². The smallest absolute Gasteiger partial charge is 0.409 e. The van der Waals surface area contributed by atoms with Crippen LogP contribution in [0.3, 0.4) is 0 Å². The van der Waals surface area contributed by atoms with Crippen LogP contribution in [-0.4, -0.2) is 66.5 Å². The van der Waals surface area contributed by atoms with Gasteiger partial charge in [0.05, 0.1) is 0 Å². The number of nitrogens with one attached hydrogen (secondary N) is 3. The first-order valence-corrected chi connectivity index (χ1v) is 19.7. The largest absolute Gasteiger partial charge is 0.460 e. The molecule has 4 aromatic carbocycles. The fourth-order valence-corrected chi connectivity index (χ4v) is 6.36. The number of rotatable bonds is 18. The van der Waals surface area contributed by atoms with Gasteiger partial charge in [0, 0.05) is 23.1 Å². The number of carbonyl (C=O) groups is 5. The van der Waals surface area contributed by atoms with Gasteiger partial charge in [-0.1, -0.05) is 154 Å². The molecule has 4 rings (SSSR count). The summed E-state index contributed by atoms with van der Waals surface area (Å²) in [6.45, 7) is 13.6. The molecule has 0 spiro atoms. The maximum Gasteiger partial charge on any atom is 0.409 e. The topological polar surface area (TPSA) is 158 Å². The van der Waals surface area contributed by atoms with Crippen molar-refractivity contribution in [1.29, 1.82) is 0 Å². The molecule has 12 nitrogen and oxygen atoms in total. The summed E-state index contributed by atoms with van der Waals surface area (Å²) in [5, 5.41) is 7.98. The molecule has 3 amide bonds. The SMILES string of the molecule is C=CCOC(=O)[C@H](Cc1ccccc1)NC(=O)[C@@H](NC(=O)OC(c1ccccc1)(c1ccccc1)c1ccccc1)[C@@H](C)OC(=O)[C@@H](NC(=O)OC(C)(C)C)[C@@H](C)CC. The Balaban J connectivity index is 1.75. The monoisotopic (exact) mass is 805 g/mol. The van der Waals surface area contributed by atoms with Gasteiger partial charge in [0.15, 0.2) is 5.60 Å². The highest BCUT2D eigenvalue weighted by Crippen LogP contribution is 2.40. The highest BCUT2D eigenvalue weighted by atomic mass is 16.6. The summed E-state index contributed by atoms with van der Waals surface area (Å²) in [4.78, 5) is 69.0. The van der Waals surface area contributed by atoms with Gasteiger partial charge in [-0.2, -0.15) is 0 Å². The number of esters is 2. The van der Waals surface area contributed by atoms with Crippen LogP contribution in [0, 0.1) is 5.92 Å². The van der Waals surface area contributed by atoms with Crippen molar-refractivity contribution in [3.63, 3.8) is 0 Å². The number of hydrogen-bond acceptors (Lipinski definition) is 9. The lowest BCUT2D eigenvalue weighted by Crippen LogP contribution is -2.58. The maximum atomic E-state index is 14.5. The maximum absolute atomic E-state index is 14.5. The minimum absolute atomic E-state index is 0.0446. The van der Waals surface area contributed by atoms with Crippen molar-refractivity contribution < 1.29 is 42.9 Å². The normalized spacial score (nSPS) is 13.9. The molecule has 3 N–H and O–H groups in total. The fourth-order valence-electron chi connectivity index (χ4n) is 6.36. The van der Waals surface area contributed by atoms with E-state index in [1.807, 2.05) is 104 Å². The van der Waals surface area contributed by atoms with Crippen LogP contribution in [0.1, 0.15) is 70.2 Å². The highest BCUT2D eigenvalue weighted by molar-refractivity contribution is 5.91.